The highest BCUT2D eigenvalue weighted by Gasteiger charge is 2.22. The summed E-state index contributed by atoms with van der Waals surface area (Å²) in [6.07, 6.45) is 4.21. The molecule has 3 aromatic heterocycles. The Balaban J connectivity index is 1.98. The molecule has 3 aromatic rings. The number of H-pyrrole nitrogens is 1. The largest absolute Gasteiger partial charge is 0.481 e. The van der Waals surface area contributed by atoms with E-state index in [0.29, 0.717) is 16.6 Å². The molecule has 7 nitrogen and oxygen atoms in total. The number of halogens is 2. The van der Waals surface area contributed by atoms with E-state index in [1.54, 1.807) is 6.20 Å². The third-order valence-corrected chi connectivity index (χ3v) is 4.53. The number of anilines is 1. The number of nitrogens with zero attached hydrogens (tertiary/aromatic N) is 3. The van der Waals surface area contributed by atoms with Gasteiger partial charge in [-0.05, 0) is 12.0 Å². The first kappa shape index (κ1) is 18.7. The molecule has 0 fully saturated rings. The van der Waals surface area contributed by atoms with Crippen LogP contribution in [0.1, 0.15) is 26.7 Å². The van der Waals surface area contributed by atoms with E-state index < -0.39 is 23.6 Å². The van der Waals surface area contributed by atoms with Crippen molar-refractivity contribution in [1.82, 2.24) is 19.9 Å². The summed E-state index contributed by atoms with van der Waals surface area (Å²) in [6.45, 7) is 3.81. The Hall–Kier alpha value is -3.10. The maximum Gasteiger partial charge on any atom is 0.305 e. The lowest BCUT2D eigenvalue weighted by atomic mass is 9.96. The molecule has 0 amide bonds. The molecular formula is C18H19F2N5O2. The van der Waals surface area contributed by atoms with E-state index in [1.807, 2.05) is 13.8 Å². The van der Waals surface area contributed by atoms with Gasteiger partial charge in [-0.2, -0.15) is 0 Å². The van der Waals surface area contributed by atoms with Gasteiger partial charge in [0.05, 0.1) is 18.8 Å². The number of aromatic amines is 1. The molecule has 0 aliphatic heterocycles. The molecule has 0 spiro atoms. The predicted molar refractivity (Wildman–Crippen MR) is 96.2 cm³/mol. The number of rotatable bonds is 7. The summed E-state index contributed by atoms with van der Waals surface area (Å²) >= 11 is 0. The van der Waals surface area contributed by atoms with Crippen LogP contribution < -0.4 is 5.32 Å². The van der Waals surface area contributed by atoms with Crippen molar-refractivity contribution in [2.75, 3.05) is 5.32 Å². The molecule has 0 aromatic carbocycles. The smallest absolute Gasteiger partial charge is 0.305 e. The molecule has 9 heteroatoms. The van der Waals surface area contributed by atoms with E-state index in [-0.39, 0.29) is 24.0 Å². The minimum Gasteiger partial charge on any atom is -0.481 e. The SMILES string of the molecule is CCC(C)[C@@H](CC(=O)O)Nc1nc(-c2c[nH]c3ncc(F)cc23)ncc1F. The zero-order valence-electron chi connectivity index (χ0n) is 14.8. The first-order chi connectivity index (χ1) is 12.9. The maximum atomic E-state index is 14.2. The van der Waals surface area contributed by atoms with Gasteiger partial charge in [0.25, 0.3) is 0 Å². The van der Waals surface area contributed by atoms with Crippen molar-refractivity contribution in [3.63, 3.8) is 0 Å². The number of carbonyl (C=O) groups is 1. The van der Waals surface area contributed by atoms with Crippen LogP contribution >= 0.6 is 0 Å². The number of nitrogens with one attached hydrogen (secondary N) is 2. The van der Waals surface area contributed by atoms with Gasteiger partial charge in [-0.3, -0.25) is 4.79 Å². The standard InChI is InChI=1S/C18H19F2N5O2/c1-3-9(2)14(5-15(26)27)24-18-13(20)8-23-17(25-18)12-7-22-16-11(12)4-10(19)6-21-16/h4,6-9,14H,3,5H2,1-2H3,(H,21,22)(H,26,27)(H,23,24,25)/t9?,14-/m1/s1. The highest BCUT2D eigenvalue weighted by molar-refractivity contribution is 5.91. The third-order valence-electron chi connectivity index (χ3n) is 4.53. The van der Waals surface area contributed by atoms with Gasteiger partial charge >= 0.3 is 5.97 Å². The van der Waals surface area contributed by atoms with Crippen molar-refractivity contribution in [2.24, 2.45) is 5.92 Å². The number of hydrogen-bond donors (Lipinski definition) is 3. The topological polar surface area (TPSA) is 104 Å². The Morgan fingerprint density at radius 2 is 2.11 bits per heavy atom. The van der Waals surface area contributed by atoms with E-state index in [9.17, 15) is 13.6 Å². The molecule has 0 bridgehead atoms. The first-order valence-corrected chi connectivity index (χ1v) is 8.53. The highest BCUT2D eigenvalue weighted by atomic mass is 19.1. The zero-order chi connectivity index (χ0) is 19.6. The van der Waals surface area contributed by atoms with Crippen LogP contribution in [0, 0.1) is 17.6 Å². The molecule has 0 saturated heterocycles. The summed E-state index contributed by atoms with van der Waals surface area (Å²) < 4.78 is 27.8. The predicted octanol–water partition coefficient (Wildman–Crippen LogP) is 3.60. The summed E-state index contributed by atoms with van der Waals surface area (Å²) in [5.41, 5.74) is 0.926. The minimum absolute atomic E-state index is 0.00898. The molecule has 27 heavy (non-hydrogen) atoms. The molecule has 2 atom stereocenters. The molecule has 0 saturated carbocycles. The van der Waals surface area contributed by atoms with Gasteiger partial charge in [0.1, 0.15) is 11.5 Å². The Morgan fingerprint density at radius 1 is 1.33 bits per heavy atom. The second-order valence-corrected chi connectivity index (χ2v) is 6.38. The fourth-order valence-corrected chi connectivity index (χ4v) is 2.80. The van der Waals surface area contributed by atoms with E-state index in [4.69, 9.17) is 5.11 Å². The summed E-state index contributed by atoms with van der Waals surface area (Å²) in [6, 6.07) is 0.798. The van der Waals surface area contributed by atoms with Crippen molar-refractivity contribution in [2.45, 2.75) is 32.7 Å². The van der Waals surface area contributed by atoms with Crippen LogP contribution in [0.5, 0.6) is 0 Å². The van der Waals surface area contributed by atoms with Gasteiger partial charge < -0.3 is 15.4 Å². The average Bonchev–Trinajstić information content (AvgIpc) is 3.04. The van der Waals surface area contributed by atoms with Crippen molar-refractivity contribution >= 4 is 22.8 Å². The van der Waals surface area contributed by atoms with Crippen LogP contribution in [0.25, 0.3) is 22.4 Å². The highest BCUT2D eigenvalue weighted by Crippen LogP contribution is 2.27. The quantitative estimate of drug-likeness (QED) is 0.583. The third kappa shape index (κ3) is 4.02. The van der Waals surface area contributed by atoms with E-state index in [1.165, 1.54) is 6.07 Å². The molecule has 3 N–H and O–H groups in total. The number of aromatic nitrogens is 4. The Bertz CT molecular complexity index is 976. The van der Waals surface area contributed by atoms with Crippen LogP contribution in [-0.2, 0) is 4.79 Å². The molecule has 3 rings (SSSR count). The van der Waals surface area contributed by atoms with Crippen molar-refractivity contribution in [1.29, 1.82) is 0 Å². The summed E-state index contributed by atoms with van der Waals surface area (Å²) in [7, 11) is 0. The van der Waals surface area contributed by atoms with Crippen molar-refractivity contribution in [3.05, 3.63) is 36.3 Å². The van der Waals surface area contributed by atoms with Crippen LogP contribution in [0.3, 0.4) is 0 Å². The number of aliphatic carboxylic acids is 1. The molecule has 0 radical (unpaired) electrons. The van der Waals surface area contributed by atoms with Gasteiger partial charge in [0.15, 0.2) is 17.5 Å². The molecule has 0 aliphatic rings. The van der Waals surface area contributed by atoms with E-state index in [2.05, 4.69) is 25.3 Å². The van der Waals surface area contributed by atoms with Gasteiger partial charge in [-0.25, -0.2) is 23.7 Å². The lowest BCUT2D eigenvalue weighted by Gasteiger charge is -2.23. The number of fused-ring (bicyclic) bond motifs is 1. The van der Waals surface area contributed by atoms with E-state index in [0.717, 1.165) is 18.8 Å². The van der Waals surface area contributed by atoms with Gasteiger partial charge in [0, 0.05) is 23.2 Å². The average molecular weight is 375 g/mol. The normalized spacial score (nSPS) is 13.5. The van der Waals surface area contributed by atoms with Gasteiger partial charge in [-0.15, -0.1) is 0 Å². The van der Waals surface area contributed by atoms with Gasteiger partial charge in [0.2, 0.25) is 0 Å². The van der Waals surface area contributed by atoms with E-state index >= 15 is 0 Å². The molecule has 3 heterocycles. The fourth-order valence-electron chi connectivity index (χ4n) is 2.80. The Kier molecular flexibility index (Phi) is 5.29. The monoisotopic (exact) mass is 375 g/mol. The van der Waals surface area contributed by atoms with Crippen molar-refractivity contribution < 1.29 is 18.7 Å². The minimum atomic E-state index is -0.985. The lowest BCUT2D eigenvalue weighted by Crippen LogP contribution is -2.30. The number of carboxylic acids is 1. The second kappa shape index (κ2) is 7.65. The van der Waals surface area contributed by atoms with Crippen LogP contribution in [0.4, 0.5) is 14.6 Å². The van der Waals surface area contributed by atoms with Crippen LogP contribution in [0.15, 0.2) is 24.7 Å². The summed E-state index contributed by atoms with van der Waals surface area (Å²) in [5.74, 6) is -2.12. The summed E-state index contributed by atoms with van der Waals surface area (Å²) in [4.78, 5) is 26.1. The number of pyridine rings is 1. The molecular weight excluding hydrogens is 356 g/mol. The molecule has 142 valence electrons. The second-order valence-electron chi connectivity index (χ2n) is 6.38. The fraction of sp³-hybridized carbons (Fsp3) is 0.333. The molecule has 1 unspecified atom stereocenters. The van der Waals surface area contributed by atoms with Gasteiger partial charge in [-0.1, -0.05) is 20.3 Å². The Morgan fingerprint density at radius 3 is 2.81 bits per heavy atom. The maximum absolute atomic E-state index is 14.2. The van der Waals surface area contributed by atoms with Crippen LogP contribution in [-0.4, -0.2) is 37.1 Å². The van der Waals surface area contributed by atoms with Crippen LogP contribution in [0.2, 0.25) is 0 Å². The molecule has 0 aliphatic carbocycles. The Labute approximate surface area is 153 Å². The number of hydrogen-bond acceptors (Lipinski definition) is 5. The number of carboxylic acid groups (broad SMARTS) is 1. The first-order valence-electron chi connectivity index (χ1n) is 8.53. The van der Waals surface area contributed by atoms with Crippen molar-refractivity contribution in [3.8, 4) is 11.4 Å². The zero-order valence-corrected chi connectivity index (χ0v) is 14.8. The lowest BCUT2D eigenvalue weighted by molar-refractivity contribution is -0.137. The summed E-state index contributed by atoms with van der Waals surface area (Å²) in [5, 5.41) is 12.5.